The van der Waals surface area contributed by atoms with E-state index in [0.29, 0.717) is 105 Å². The van der Waals surface area contributed by atoms with Crippen LogP contribution in [0.2, 0.25) is 0 Å². The van der Waals surface area contributed by atoms with E-state index in [9.17, 15) is 65.3 Å². The number of aliphatic hydroxyl groups excluding tert-OH is 2. The zero-order valence-corrected chi connectivity index (χ0v) is 70.2. The number of carbonyl (C=O) groups is 4. The Labute approximate surface area is 720 Å². The van der Waals surface area contributed by atoms with Crippen molar-refractivity contribution < 1.29 is 55.7 Å². The second kappa shape index (κ2) is 39.2. The lowest BCUT2D eigenvalue weighted by Crippen LogP contribution is -2.45. The van der Waals surface area contributed by atoms with Gasteiger partial charge in [0.2, 0.25) is 35.5 Å². The molecule has 32 nitrogen and oxygen atoms in total. The Morgan fingerprint density at radius 2 is 0.960 bits per heavy atom. The lowest BCUT2D eigenvalue weighted by molar-refractivity contribution is -0.137. The number of azide groups is 1. The Hall–Kier alpha value is -12.1. The van der Waals surface area contributed by atoms with E-state index in [2.05, 4.69) is 157 Å². The van der Waals surface area contributed by atoms with Crippen molar-refractivity contribution >= 4 is 79.7 Å². The molecule has 4 aromatic carbocycles. The number of nitrogens with zero attached hydrogens (tertiary/aromatic N) is 20. The van der Waals surface area contributed by atoms with Gasteiger partial charge in [-0.05, 0) is 140 Å². The van der Waals surface area contributed by atoms with Gasteiger partial charge in [-0.25, -0.2) is 19.6 Å². The summed E-state index contributed by atoms with van der Waals surface area (Å²) in [5, 5.41) is 44.3. The third-order valence-corrected chi connectivity index (χ3v) is 24.7. The first-order valence-corrected chi connectivity index (χ1v) is 42.9. The highest BCUT2D eigenvalue weighted by molar-refractivity contribution is 6.01. The average molecular weight is 1740 g/mol. The summed E-state index contributed by atoms with van der Waals surface area (Å²) in [6.45, 7) is 11.0. The number of nitrogens with one attached hydrogen (secondary N) is 4. The van der Waals surface area contributed by atoms with Crippen LogP contribution >= 0.6 is 0 Å². The fourth-order valence-electron chi connectivity index (χ4n) is 17.8. The molecule has 126 heavy (non-hydrogen) atoms. The smallest absolute Gasteiger partial charge is 0.390 e. The summed E-state index contributed by atoms with van der Waals surface area (Å²) in [6.07, 6.45) is 12.2. The maximum atomic E-state index is 13.2. The van der Waals surface area contributed by atoms with Crippen LogP contribution in [-0.4, -0.2) is 219 Å². The molecule has 17 rings (SSSR count). The van der Waals surface area contributed by atoms with Crippen molar-refractivity contribution in [1.82, 2.24) is 92.6 Å². The van der Waals surface area contributed by atoms with Gasteiger partial charge in [-0.2, -0.15) is 36.3 Å². The quantitative estimate of drug-likeness (QED) is 0.00773. The molecule has 7 aromatic heterocycles. The average Bonchev–Trinajstić information content (AvgIpc) is 1.62. The second-order valence-corrected chi connectivity index (χ2v) is 33.4. The third kappa shape index (κ3) is 21.3. The maximum absolute atomic E-state index is 13.2. The van der Waals surface area contributed by atoms with Gasteiger partial charge in [-0.3, -0.25) is 72.4 Å². The lowest BCUT2D eigenvalue weighted by Gasteiger charge is -2.34. The topological polar surface area (TPSA) is 365 Å². The number of terminal acetylenes is 1. The number of alkyl halides is 6. The molecule has 6 fully saturated rings. The first kappa shape index (κ1) is 88.7. The van der Waals surface area contributed by atoms with Crippen LogP contribution in [-0.2, 0) is 72.3 Å². The molecule has 2 aliphatic carbocycles. The highest BCUT2D eigenvalue weighted by Gasteiger charge is 2.36. The molecule has 6 aliphatic rings. The van der Waals surface area contributed by atoms with Crippen LogP contribution in [0.3, 0.4) is 0 Å². The van der Waals surface area contributed by atoms with Gasteiger partial charge >= 0.3 is 23.7 Å². The summed E-state index contributed by atoms with van der Waals surface area (Å²) in [5.74, 6) is 1.53. The van der Waals surface area contributed by atoms with E-state index in [1.165, 1.54) is 24.8 Å². The molecule has 11 aromatic rings. The normalized spacial score (nSPS) is 20.2. The first-order valence-electron chi connectivity index (χ1n) is 42.9. The molecule has 2 atom stereocenters. The number of hydrogen-bond donors (Lipinski definition) is 6. The zero-order valence-electron chi connectivity index (χ0n) is 70.2. The van der Waals surface area contributed by atoms with Gasteiger partial charge in [-0.15, -0.1) is 11.5 Å². The van der Waals surface area contributed by atoms with E-state index in [1.54, 1.807) is 37.1 Å². The standard InChI is InChI=1S/C44H51F3N12O4.C29H35F3N6O.C15H16N6O3/c1-54-38-22-28(4-11-36(38)59(43(54)63)37-12-13-39(61)50-41(37)62)14-17-57-26-31(52-53-57)25-56-20-18-55(19-21-56)24-29-2-5-30(6-3-29)35-27-58(32-7-9-33(60)10-8-32)40-34(35)23-49-42(51-40)48-16-15-44(45,46)47;1-2-13-36-14-16-37(17-15-36)19-21-3-5-22(6-4-21)26-20-38(23-7-9-24(39)10-8-23)27-25(26)18-34-28(35-27)33-12-11-29(30,31)32;1-20-12-8-9(6-7-17-19-16)2-3-10(12)21(15(20)24)11-4-5-13(22)18-14(11)23/h2-6,11,22-23,26-27,32-33,37,60H,7-10,12-21,24-25H2,1H3,(H,48,49,51)(H,50,61,62);1,3-6,18,20,23-24,39H,7-17,19H2,(H,33,34,35);2-3,8,11H,4-7H2,1H3,(H,18,22,23). The summed E-state index contributed by atoms with van der Waals surface area (Å²) in [6, 6.07) is 27.2. The molecular weight excluding hydrogens is 1640 g/mol. The van der Waals surface area contributed by atoms with Crippen LogP contribution < -0.4 is 32.6 Å². The van der Waals surface area contributed by atoms with Crippen molar-refractivity contribution in [3.8, 4) is 34.6 Å². The number of amides is 4. The van der Waals surface area contributed by atoms with E-state index in [4.69, 9.17) is 12.0 Å². The number of imidazole rings is 2. The molecule has 11 heterocycles. The number of anilines is 2. The Kier molecular flexibility index (Phi) is 27.6. The molecule has 4 amide bonds. The SMILES string of the molecule is C#CCN1CCN(Cc2ccc(-c3cn(C4CCC(O)CC4)c4nc(NCCC(F)(F)F)ncc34)cc2)CC1.Cn1c(=O)n(C2CCC(=O)NC2=O)c2ccc(CCN=[N+]=[N-])cc21.Cn1c(=O)n(C2CCC(=O)NC2=O)c2ccc(CCn3cc(CN4CCN(Cc5ccc(-c6cn(C7CCC(O)CC7)c7nc(NCCC(F)(F)F)ncc67)cc5)CC4)nn3)cc21. The largest absolute Gasteiger partial charge is 0.393 e. The number of imide groups is 2. The fourth-order valence-corrected chi connectivity index (χ4v) is 17.8. The van der Waals surface area contributed by atoms with Crippen LogP contribution in [0.25, 0.3) is 76.8 Å². The lowest BCUT2D eigenvalue weighted by atomic mass is 9.93. The van der Waals surface area contributed by atoms with Crippen molar-refractivity contribution in [3.05, 3.63) is 175 Å². The summed E-state index contributed by atoms with van der Waals surface area (Å²) in [7, 11) is 3.33. The van der Waals surface area contributed by atoms with Gasteiger partial charge in [0, 0.05) is 195 Å². The van der Waals surface area contributed by atoms with Gasteiger partial charge in [0.05, 0.1) is 59.4 Å². The highest BCUT2D eigenvalue weighted by Crippen LogP contribution is 2.40. The second-order valence-electron chi connectivity index (χ2n) is 33.4. The number of rotatable bonds is 25. The van der Waals surface area contributed by atoms with E-state index in [0.717, 1.165) is 146 Å². The van der Waals surface area contributed by atoms with Crippen LogP contribution in [0.4, 0.5) is 38.2 Å². The van der Waals surface area contributed by atoms with E-state index in [1.807, 2.05) is 41.2 Å². The van der Waals surface area contributed by atoms with Crippen LogP contribution in [0.15, 0.2) is 131 Å². The number of fused-ring (bicyclic) bond motifs is 4. The molecule has 4 saturated heterocycles. The molecule has 2 unspecified atom stereocenters. The maximum Gasteiger partial charge on any atom is 0.390 e. The van der Waals surface area contributed by atoms with Gasteiger partial charge in [-0.1, -0.05) is 76.9 Å². The number of aliphatic hydroxyl groups is 2. The molecule has 0 bridgehead atoms. The van der Waals surface area contributed by atoms with Gasteiger partial charge in [0.25, 0.3) is 0 Å². The van der Waals surface area contributed by atoms with E-state index in [-0.39, 0.29) is 85.3 Å². The summed E-state index contributed by atoms with van der Waals surface area (Å²) in [4.78, 5) is 104. The summed E-state index contributed by atoms with van der Waals surface area (Å²) in [5.41, 5.74) is 21.1. The van der Waals surface area contributed by atoms with E-state index < -0.39 is 49.1 Å². The first-order chi connectivity index (χ1) is 60.7. The number of halogens is 6. The highest BCUT2D eigenvalue weighted by atomic mass is 19.4. The fraction of sp³-hybridized carbons (Fsp3) is 0.477. The summed E-state index contributed by atoms with van der Waals surface area (Å²) >= 11 is 0. The van der Waals surface area contributed by atoms with Crippen molar-refractivity contribution in [2.45, 2.75) is 178 Å². The number of carbonyl (C=O) groups excluding carboxylic acids is 4. The van der Waals surface area contributed by atoms with E-state index >= 15 is 0 Å². The summed E-state index contributed by atoms with van der Waals surface area (Å²) < 4.78 is 88.3. The van der Waals surface area contributed by atoms with Crippen molar-refractivity contribution in [2.24, 2.45) is 19.2 Å². The number of piperidine rings is 2. The number of aromatic nitrogens is 13. The molecule has 0 spiro atoms. The monoisotopic (exact) mass is 1740 g/mol. The van der Waals surface area contributed by atoms with Gasteiger partial charge < -0.3 is 30.0 Å². The minimum atomic E-state index is -4.27. The van der Waals surface area contributed by atoms with Gasteiger partial charge in [0.15, 0.2) is 0 Å². The van der Waals surface area contributed by atoms with Crippen molar-refractivity contribution in [1.29, 1.82) is 0 Å². The minimum absolute atomic E-state index is 0.121. The number of benzene rings is 4. The van der Waals surface area contributed by atoms with Gasteiger partial charge in [0.1, 0.15) is 23.4 Å². The predicted molar refractivity (Wildman–Crippen MR) is 461 cm³/mol. The number of piperazine rings is 2. The predicted octanol–water partition coefficient (Wildman–Crippen LogP) is 10.6. The Balaban J connectivity index is 0.000000164. The van der Waals surface area contributed by atoms with Crippen LogP contribution in [0, 0.1) is 12.3 Å². The van der Waals surface area contributed by atoms with Crippen LogP contribution in [0.1, 0.15) is 142 Å². The molecule has 0 radical (unpaired) electrons. The Morgan fingerprint density at radius 1 is 0.540 bits per heavy atom. The van der Waals surface area contributed by atoms with Crippen molar-refractivity contribution in [3.63, 3.8) is 0 Å². The van der Waals surface area contributed by atoms with Crippen LogP contribution in [0.5, 0.6) is 0 Å². The zero-order chi connectivity index (χ0) is 88.5. The molecule has 664 valence electrons. The third-order valence-electron chi connectivity index (χ3n) is 24.7. The Bertz CT molecular complexity index is 5960. The molecule has 2 saturated carbocycles. The molecule has 4 aliphatic heterocycles. The Morgan fingerprint density at radius 3 is 1.38 bits per heavy atom. The van der Waals surface area contributed by atoms with Crippen molar-refractivity contribution in [2.75, 3.05) is 89.2 Å². The minimum Gasteiger partial charge on any atom is -0.393 e. The molecule has 6 N–H and O–H groups in total. The molecular formula is C88H102F6N24O8. The number of aryl methyl sites for hydroxylation is 4. The molecule has 38 heteroatoms. The number of hydrogen-bond acceptors (Lipinski definition) is 21.